The Balaban J connectivity index is 2.23. The highest BCUT2D eigenvalue weighted by Crippen LogP contribution is 2.32. The van der Waals surface area contributed by atoms with E-state index in [1.165, 1.54) is 0 Å². The zero-order chi connectivity index (χ0) is 12.4. The van der Waals surface area contributed by atoms with E-state index in [1.807, 2.05) is 45.0 Å². The van der Waals surface area contributed by atoms with Gasteiger partial charge in [0.05, 0.1) is 15.6 Å². The topological polar surface area (TPSA) is 22.1 Å². The van der Waals surface area contributed by atoms with Crippen LogP contribution in [0.2, 0.25) is 0 Å². The highest BCUT2D eigenvalue weighted by atomic mass is 79.9. The molecule has 1 aromatic carbocycles. The van der Waals surface area contributed by atoms with E-state index in [1.54, 1.807) is 11.3 Å². The second kappa shape index (κ2) is 5.19. The van der Waals surface area contributed by atoms with E-state index >= 15 is 0 Å². The number of benzene rings is 1. The van der Waals surface area contributed by atoms with E-state index in [2.05, 4.69) is 20.9 Å². The lowest BCUT2D eigenvalue weighted by Gasteiger charge is -2.09. The van der Waals surface area contributed by atoms with Gasteiger partial charge in [-0.3, -0.25) is 0 Å². The predicted octanol–water partition coefficient (Wildman–Crippen LogP) is 4.67. The van der Waals surface area contributed by atoms with Gasteiger partial charge in [-0.1, -0.05) is 0 Å². The average Bonchev–Trinajstić information content (AvgIpc) is 2.59. The van der Waals surface area contributed by atoms with Crippen molar-refractivity contribution in [1.82, 2.24) is 4.98 Å². The molecular weight excluding hydrogens is 298 g/mol. The summed E-state index contributed by atoms with van der Waals surface area (Å²) in [5, 5.41) is 1.03. The van der Waals surface area contributed by atoms with Crippen LogP contribution in [0.3, 0.4) is 0 Å². The summed E-state index contributed by atoms with van der Waals surface area (Å²) >= 11 is 5.14. The van der Waals surface area contributed by atoms with Gasteiger partial charge in [-0.15, -0.1) is 11.3 Å². The molecule has 1 heterocycles. The summed E-state index contributed by atoms with van der Waals surface area (Å²) in [6, 6.07) is 8.06. The van der Waals surface area contributed by atoms with Crippen molar-refractivity contribution in [3.63, 3.8) is 0 Å². The minimum atomic E-state index is 0.206. The van der Waals surface area contributed by atoms with Crippen LogP contribution in [0.15, 0.2) is 28.1 Å². The maximum atomic E-state index is 5.61. The number of nitrogens with zero attached hydrogens (tertiary/aromatic N) is 1. The summed E-state index contributed by atoms with van der Waals surface area (Å²) < 4.78 is 6.70. The van der Waals surface area contributed by atoms with Gasteiger partial charge in [-0.25, -0.2) is 4.98 Å². The van der Waals surface area contributed by atoms with Gasteiger partial charge >= 0.3 is 0 Å². The molecule has 0 aliphatic rings. The lowest BCUT2D eigenvalue weighted by Crippen LogP contribution is -2.05. The molecule has 0 amide bonds. The number of aromatic nitrogens is 1. The molecule has 0 spiro atoms. The van der Waals surface area contributed by atoms with Crippen molar-refractivity contribution < 1.29 is 4.74 Å². The molecule has 4 heteroatoms. The minimum Gasteiger partial charge on any atom is -0.491 e. The van der Waals surface area contributed by atoms with Crippen LogP contribution in [0.1, 0.15) is 19.5 Å². The van der Waals surface area contributed by atoms with E-state index in [0.717, 1.165) is 25.8 Å². The van der Waals surface area contributed by atoms with Gasteiger partial charge in [0.2, 0.25) is 0 Å². The van der Waals surface area contributed by atoms with Crippen LogP contribution in [0.25, 0.3) is 10.6 Å². The molecule has 0 fully saturated rings. The third kappa shape index (κ3) is 3.07. The maximum Gasteiger partial charge on any atom is 0.124 e. The third-order valence-corrected chi connectivity index (χ3v) is 4.27. The standard InChI is InChI=1S/C13H14BrNOS/c1-8(2)16-11-6-4-10(5-7-11)13-15-9(3)12(14)17-13/h4-8H,1-3H3. The van der Waals surface area contributed by atoms with Crippen LogP contribution in [0.5, 0.6) is 5.75 Å². The van der Waals surface area contributed by atoms with E-state index in [9.17, 15) is 0 Å². The molecule has 17 heavy (non-hydrogen) atoms. The first kappa shape index (κ1) is 12.6. The van der Waals surface area contributed by atoms with Crippen molar-refractivity contribution >= 4 is 27.3 Å². The summed E-state index contributed by atoms with van der Waals surface area (Å²) in [7, 11) is 0. The van der Waals surface area contributed by atoms with Crippen molar-refractivity contribution in [2.75, 3.05) is 0 Å². The number of thiazole rings is 1. The van der Waals surface area contributed by atoms with Gasteiger partial charge < -0.3 is 4.74 Å². The first-order valence-corrected chi connectivity index (χ1v) is 7.07. The minimum absolute atomic E-state index is 0.206. The molecule has 0 aliphatic heterocycles. The highest BCUT2D eigenvalue weighted by Gasteiger charge is 2.07. The fourth-order valence-corrected chi connectivity index (χ4v) is 2.80. The van der Waals surface area contributed by atoms with Crippen LogP contribution < -0.4 is 4.74 Å². The summed E-state index contributed by atoms with van der Waals surface area (Å²) in [6.45, 7) is 6.05. The lowest BCUT2D eigenvalue weighted by atomic mass is 10.2. The number of rotatable bonds is 3. The van der Waals surface area contributed by atoms with Crippen molar-refractivity contribution in [1.29, 1.82) is 0 Å². The number of hydrogen-bond acceptors (Lipinski definition) is 3. The quantitative estimate of drug-likeness (QED) is 0.822. The Labute approximate surface area is 114 Å². The zero-order valence-electron chi connectivity index (χ0n) is 10.0. The second-order valence-corrected chi connectivity index (χ2v) is 6.39. The Bertz CT molecular complexity index is 485. The number of hydrogen-bond donors (Lipinski definition) is 0. The Morgan fingerprint density at radius 1 is 1.24 bits per heavy atom. The molecule has 0 saturated carbocycles. The normalized spacial score (nSPS) is 10.9. The maximum absolute atomic E-state index is 5.61. The van der Waals surface area contributed by atoms with E-state index in [-0.39, 0.29) is 6.10 Å². The molecule has 0 aliphatic carbocycles. The van der Waals surface area contributed by atoms with Gasteiger partial charge in [0.25, 0.3) is 0 Å². The van der Waals surface area contributed by atoms with Crippen molar-refractivity contribution in [3.8, 4) is 16.3 Å². The second-order valence-electron chi connectivity index (χ2n) is 4.07. The summed E-state index contributed by atoms with van der Waals surface area (Å²) in [5.74, 6) is 0.899. The first-order valence-electron chi connectivity index (χ1n) is 5.46. The smallest absolute Gasteiger partial charge is 0.124 e. The van der Waals surface area contributed by atoms with E-state index in [0.29, 0.717) is 0 Å². The van der Waals surface area contributed by atoms with Crippen LogP contribution >= 0.6 is 27.3 Å². The van der Waals surface area contributed by atoms with Crippen molar-refractivity contribution in [2.24, 2.45) is 0 Å². The SMILES string of the molecule is Cc1nc(-c2ccc(OC(C)C)cc2)sc1Br. The molecule has 0 saturated heterocycles. The molecule has 0 atom stereocenters. The molecule has 0 unspecified atom stereocenters. The molecule has 90 valence electrons. The van der Waals surface area contributed by atoms with Gasteiger partial charge in [-0.2, -0.15) is 0 Å². The predicted molar refractivity (Wildman–Crippen MR) is 75.8 cm³/mol. The molecule has 0 N–H and O–H groups in total. The highest BCUT2D eigenvalue weighted by molar-refractivity contribution is 9.11. The number of ether oxygens (including phenoxy) is 1. The Morgan fingerprint density at radius 3 is 2.35 bits per heavy atom. The molecule has 2 nitrogen and oxygen atoms in total. The average molecular weight is 312 g/mol. The van der Waals surface area contributed by atoms with Crippen LogP contribution in [-0.4, -0.2) is 11.1 Å². The number of halogens is 1. The van der Waals surface area contributed by atoms with Gasteiger partial charge in [-0.05, 0) is 61.0 Å². The van der Waals surface area contributed by atoms with Gasteiger partial charge in [0, 0.05) is 5.56 Å². The van der Waals surface area contributed by atoms with Gasteiger partial charge in [0.1, 0.15) is 10.8 Å². The van der Waals surface area contributed by atoms with E-state index in [4.69, 9.17) is 4.74 Å². The van der Waals surface area contributed by atoms with Crippen LogP contribution in [0, 0.1) is 6.92 Å². The Hall–Kier alpha value is -0.870. The molecule has 0 bridgehead atoms. The molecular formula is C13H14BrNOS. The fourth-order valence-electron chi connectivity index (χ4n) is 1.45. The van der Waals surface area contributed by atoms with Crippen LogP contribution in [0.4, 0.5) is 0 Å². The molecule has 1 aromatic heterocycles. The summed E-state index contributed by atoms with van der Waals surface area (Å²) in [6.07, 6.45) is 0.206. The fraction of sp³-hybridized carbons (Fsp3) is 0.308. The Kier molecular flexibility index (Phi) is 3.84. The van der Waals surface area contributed by atoms with E-state index < -0.39 is 0 Å². The van der Waals surface area contributed by atoms with Gasteiger partial charge in [0.15, 0.2) is 0 Å². The monoisotopic (exact) mass is 311 g/mol. The number of aryl methyl sites for hydroxylation is 1. The molecule has 0 radical (unpaired) electrons. The third-order valence-electron chi connectivity index (χ3n) is 2.21. The summed E-state index contributed by atoms with van der Waals surface area (Å²) in [4.78, 5) is 4.50. The lowest BCUT2D eigenvalue weighted by molar-refractivity contribution is 0.242. The van der Waals surface area contributed by atoms with Crippen molar-refractivity contribution in [2.45, 2.75) is 26.9 Å². The summed E-state index contributed by atoms with van der Waals surface area (Å²) in [5.41, 5.74) is 2.16. The van der Waals surface area contributed by atoms with Crippen molar-refractivity contribution in [3.05, 3.63) is 33.7 Å². The Morgan fingerprint density at radius 2 is 1.88 bits per heavy atom. The van der Waals surface area contributed by atoms with Crippen LogP contribution in [-0.2, 0) is 0 Å². The first-order chi connectivity index (χ1) is 8.06. The largest absolute Gasteiger partial charge is 0.491 e. The molecule has 2 rings (SSSR count). The zero-order valence-corrected chi connectivity index (χ0v) is 12.4. The molecule has 2 aromatic rings.